The van der Waals surface area contributed by atoms with Crippen LogP contribution in [0.15, 0.2) is 0 Å². The van der Waals surface area contributed by atoms with Crippen LogP contribution in [0.25, 0.3) is 0 Å². The minimum atomic E-state index is -0.644. The van der Waals surface area contributed by atoms with E-state index in [1.54, 1.807) is 0 Å². The van der Waals surface area contributed by atoms with Gasteiger partial charge in [0.25, 0.3) is 5.91 Å². The van der Waals surface area contributed by atoms with Crippen LogP contribution in [0.5, 0.6) is 0 Å². The quantitative estimate of drug-likeness (QED) is 0.793. The number of hydrogen-bond acceptors (Lipinski definition) is 7. The summed E-state index contributed by atoms with van der Waals surface area (Å²) in [4.78, 5) is 35.1. The molecule has 1 fully saturated rings. The maximum atomic E-state index is 12.2. The van der Waals surface area contributed by atoms with Gasteiger partial charge in [-0.1, -0.05) is 13.8 Å². The third-order valence-corrected chi connectivity index (χ3v) is 4.22. The van der Waals surface area contributed by atoms with Crippen molar-refractivity contribution in [2.45, 2.75) is 32.3 Å². The highest BCUT2D eigenvalue weighted by molar-refractivity contribution is 5.96. The van der Waals surface area contributed by atoms with Gasteiger partial charge in [-0.15, -0.1) is 0 Å². The van der Waals surface area contributed by atoms with Crippen LogP contribution in [0.3, 0.4) is 0 Å². The summed E-state index contributed by atoms with van der Waals surface area (Å²) in [5, 5.41) is 2.82. The normalized spacial score (nSPS) is 20.6. The molecule has 1 amide bonds. The average Bonchev–Trinajstić information content (AvgIpc) is 2.60. The van der Waals surface area contributed by atoms with Crippen molar-refractivity contribution in [3.05, 3.63) is 17.1 Å². The van der Waals surface area contributed by atoms with E-state index in [9.17, 15) is 9.59 Å². The van der Waals surface area contributed by atoms with Gasteiger partial charge in [-0.05, 0) is 6.42 Å². The number of carbonyl (C=O) groups excluding carboxylic acids is 2. The smallest absolute Gasteiger partial charge is 0.336 e. The van der Waals surface area contributed by atoms with Crippen molar-refractivity contribution in [3.8, 4) is 0 Å². The maximum Gasteiger partial charge on any atom is 0.336 e. The molecular weight excluding hydrogens is 312 g/mol. The number of amides is 1. The van der Waals surface area contributed by atoms with E-state index in [1.807, 2.05) is 18.7 Å². The second kappa shape index (κ2) is 6.72. The van der Waals surface area contributed by atoms with E-state index in [0.29, 0.717) is 44.2 Å². The van der Waals surface area contributed by atoms with E-state index in [2.05, 4.69) is 10.3 Å². The molecule has 2 aliphatic rings. The Morgan fingerprint density at radius 2 is 2.21 bits per heavy atom. The van der Waals surface area contributed by atoms with Crippen molar-refractivity contribution >= 4 is 17.7 Å². The second-order valence-corrected chi connectivity index (χ2v) is 6.22. The molecule has 0 aromatic carbocycles. The molecule has 1 aromatic heterocycles. The first kappa shape index (κ1) is 16.6. The predicted molar refractivity (Wildman–Crippen MR) is 86.1 cm³/mol. The van der Waals surface area contributed by atoms with Gasteiger partial charge < -0.3 is 19.7 Å². The van der Waals surface area contributed by atoms with Crippen LogP contribution in [-0.2, 0) is 20.7 Å². The van der Waals surface area contributed by atoms with Crippen LogP contribution in [0.2, 0.25) is 0 Å². The molecule has 1 unspecified atom stereocenters. The fourth-order valence-electron chi connectivity index (χ4n) is 2.93. The highest BCUT2D eigenvalue weighted by atomic mass is 16.6. The Morgan fingerprint density at radius 1 is 1.42 bits per heavy atom. The fraction of sp³-hybridized carbons (Fsp3) is 0.625. The number of carbonyl (C=O) groups is 2. The number of morpholine rings is 1. The summed E-state index contributed by atoms with van der Waals surface area (Å²) in [6, 6.07) is 0. The standard InChI is InChI=1S/C16H22N4O4/c1-9(2)13-18-12-10(4-5-17-15(12)21)14(19-13)20-6-7-24-11(8-20)16(22)23-3/h9,11H,4-8H2,1-3H3,(H,17,21). The van der Waals surface area contributed by atoms with Gasteiger partial charge in [-0.25, -0.2) is 14.8 Å². The van der Waals surface area contributed by atoms with Gasteiger partial charge in [-0.2, -0.15) is 0 Å². The summed E-state index contributed by atoms with van der Waals surface area (Å²) >= 11 is 0. The Labute approximate surface area is 140 Å². The van der Waals surface area contributed by atoms with E-state index >= 15 is 0 Å². The summed E-state index contributed by atoms with van der Waals surface area (Å²) < 4.78 is 10.3. The van der Waals surface area contributed by atoms with Crippen LogP contribution in [0, 0.1) is 0 Å². The zero-order valence-corrected chi connectivity index (χ0v) is 14.2. The SMILES string of the molecule is COC(=O)C1CN(c2nc(C(C)C)nc3c2CCNC3=O)CCO1. The molecule has 8 nitrogen and oxygen atoms in total. The molecule has 24 heavy (non-hydrogen) atoms. The number of rotatable bonds is 3. The predicted octanol–water partition coefficient (Wildman–Crippen LogP) is 0.264. The first-order valence-electron chi connectivity index (χ1n) is 8.14. The molecule has 0 radical (unpaired) electrons. The molecule has 2 aliphatic heterocycles. The van der Waals surface area contributed by atoms with Crippen molar-refractivity contribution in [1.29, 1.82) is 0 Å². The molecule has 8 heteroatoms. The molecule has 3 rings (SSSR count). The van der Waals surface area contributed by atoms with Crippen LogP contribution in [0.1, 0.15) is 41.6 Å². The number of methoxy groups -OCH3 is 1. The van der Waals surface area contributed by atoms with Crippen molar-refractivity contribution in [2.24, 2.45) is 0 Å². The lowest BCUT2D eigenvalue weighted by atomic mass is 10.0. The highest BCUT2D eigenvalue weighted by Gasteiger charge is 2.32. The monoisotopic (exact) mass is 334 g/mol. The molecule has 0 bridgehead atoms. The lowest BCUT2D eigenvalue weighted by Gasteiger charge is -2.34. The summed E-state index contributed by atoms with van der Waals surface area (Å²) in [7, 11) is 1.35. The van der Waals surface area contributed by atoms with Crippen LogP contribution in [-0.4, -0.2) is 61.3 Å². The molecule has 1 atom stereocenters. The maximum absolute atomic E-state index is 12.2. The van der Waals surface area contributed by atoms with E-state index in [0.717, 1.165) is 11.4 Å². The molecule has 1 N–H and O–H groups in total. The third-order valence-electron chi connectivity index (χ3n) is 4.22. The van der Waals surface area contributed by atoms with E-state index in [4.69, 9.17) is 14.5 Å². The first-order valence-corrected chi connectivity index (χ1v) is 8.14. The average molecular weight is 334 g/mol. The van der Waals surface area contributed by atoms with E-state index in [1.165, 1.54) is 7.11 Å². The number of nitrogens with one attached hydrogen (secondary N) is 1. The third kappa shape index (κ3) is 3.06. The summed E-state index contributed by atoms with van der Waals surface area (Å²) in [6.45, 7) is 5.91. The Kier molecular flexibility index (Phi) is 4.66. The molecule has 0 aliphatic carbocycles. The summed E-state index contributed by atoms with van der Waals surface area (Å²) in [5.74, 6) is 0.892. The minimum Gasteiger partial charge on any atom is -0.467 e. The van der Waals surface area contributed by atoms with Gasteiger partial charge in [0.1, 0.15) is 17.3 Å². The Balaban J connectivity index is 2.00. The first-order chi connectivity index (χ1) is 11.5. The number of esters is 1. The van der Waals surface area contributed by atoms with Gasteiger partial charge in [-0.3, -0.25) is 4.79 Å². The second-order valence-electron chi connectivity index (χ2n) is 6.22. The number of aromatic nitrogens is 2. The molecule has 0 saturated carbocycles. The molecular formula is C16H22N4O4. The van der Waals surface area contributed by atoms with Gasteiger partial charge in [0.2, 0.25) is 0 Å². The fourth-order valence-corrected chi connectivity index (χ4v) is 2.93. The van der Waals surface area contributed by atoms with E-state index < -0.39 is 12.1 Å². The van der Waals surface area contributed by atoms with Gasteiger partial charge >= 0.3 is 5.97 Å². The van der Waals surface area contributed by atoms with Crippen molar-refractivity contribution in [3.63, 3.8) is 0 Å². The van der Waals surface area contributed by atoms with Gasteiger partial charge in [0.05, 0.1) is 20.3 Å². The van der Waals surface area contributed by atoms with Crippen molar-refractivity contribution in [1.82, 2.24) is 15.3 Å². The van der Waals surface area contributed by atoms with Crippen LogP contribution >= 0.6 is 0 Å². The van der Waals surface area contributed by atoms with Crippen molar-refractivity contribution in [2.75, 3.05) is 38.3 Å². The lowest BCUT2D eigenvalue weighted by Crippen LogP contribution is -2.48. The lowest BCUT2D eigenvalue weighted by molar-refractivity contribution is -0.154. The van der Waals surface area contributed by atoms with Gasteiger partial charge in [0.15, 0.2) is 6.10 Å². The minimum absolute atomic E-state index is 0.0984. The molecule has 3 heterocycles. The largest absolute Gasteiger partial charge is 0.467 e. The zero-order chi connectivity index (χ0) is 17.3. The number of fused-ring (bicyclic) bond motifs is 1. The zero-order valence-electron chi connectivity index (χ0n) is 14.2. The topological polar surface area (TPSA) is 93.6 Å². The van der Waals surface area contributed by atoms with Gasteiger partial charge in [0, 0.05) is 24.6 Å². The van der Waals surface area contributed by atoms with E-state index in [-0.39, 0.29) is 11.8 Å². The number of anilines is 1. The Bertz CT molecular complexity index is 662. The molecule has 0 spiro atoms. The number of nitrogens with zero attached hydrogens (tertiary/aromatic N) is 3. The number of ether oxygens (including phenoxy) is 2. The van der Waals surface area contributed by atoms with Crippen LogP contribution in [0.4, 0.5) is 5.82 Å². The molecule has 130 valence electrons. The van der Waals surface area contributed by atoms with Crippen LogP contribution < -0.4 is 10.2 Å². The Hall–Kier alpha value is -2.22. The molecule has 1 aromatic rings. The number of hydrogen-bond donors (Lipinski definition) is 1. The summed E-state index contributed by atoms with van der Waals surface area (Å²) in [6.07, 6.45) is 0.0314. The summed E-state index contributed by atoms with van der Waals surface area (Å²) in [5.41, 5.74) is 1.28. The Morgan fingerprint density at radius 3 is 2.92 bits per heavy atom. The molecule has 1 saturated heterocycles. The van der Waals surface area contributed by atoms with Crippen molar-refractivity contribution < 1.29 is 19.1 Å². The highest BCUT2D eigenvalue weighted by Crippen LogP contribution is 2.27.